The van der Waals surface area contributed by atoms with E-state index in [-0.39, 0.29) is 0 Å². The molecule has 9 rings (SSSR count). The van der Waals surface area contributed by atoms with Crippen LogP contribution in [-0.2, 0) is 0 Å². The number of aromatic nitrogens is 3. The summed E-state index contributed by atoms with van der Waals surface area (Å²) in [6.45, 7) is 0. The molecule has 0 fully saturated rings. The molecule has 0 atom stereocenters. The van der Waals surface area contributed by atoms with E-state index in [0.29, 0.717) is 0 Å². The second-order valence-electron chi connectivity index (χ2n) is 11.0. The average Bonchev–Trinajstić information content (AvgIpc) is 3.43. The minimum atomic E-state index is 0.725. The summed E-state index contributed by atoms with van der Waals surface area (Å²) in [5.41, 5.74) is 7.15. The molecule has 0 N–H and O–H groups in total. The Hall–Kier alpha value is -5.80. The van der Waals surface area contributed by atoms with Crippen molar-refractivity contribution in [2.24, 2.45) is 0 Å². The fourth-order valence-electron chi connectivity index (χ4n) is 6.66. The van der Waals surface area contributed by atoms with Gasteiger partial charge in [-0.25, -0.2) is 9.97 Å². The number of rotatable bonds is 3. The summed E-state index contributed by atoms with van der Waals surface area (Å²) >= 11 is 0. The Morgan fingerprint density at radius 1 is 0.395 bits per heavy atom. The van der Waals surface area contributed by atoms with E-state index in [4.69, 9.17) is 9.97 Å². The highest BCUT2D eigenvalue weighted by atomic mass is 15.0. The summed E-state index contributed by atoms with van der Waals surface area (Å²) in [5.74, 6) is 0.725. The number of hydrogen-bond acceptors (Lipinski definition) is 2. The molecule has 0 bridgehead atoms. The maximum absolute atomic E-state index is 5.34. The molecule has 9 aromatic rings. The molecule has 0 radical (unpaired) electrons. The van der Waals surface area contributed by atoms with Gasteiger partial charge in [-0.3, -0.25) is 0 Å². The van der Waals surface area contributed by atoms with Crippen molar-refractivity contribution in [1.29, 1.82) is 0 Å². The molecule has 2 aromatic heterocycles. The lowest BCUT2D eigenvalue weighted by Crippen LogP contribution is -1.99. The zero-order valence-electron chi connectivity index (χ0n) is 23.3. The number of fused-ring (bicyclic) bond motifs is 9. The third kappa shape index (κ3) is 3.62. The van der Waals surface area contributed by atoms with Crippen molar-refractivity contribution in [2.75, 3.05) is 0 Å². The minimum Gasteiger partial charge on any atom is -0.306 e. The smallest absolute Gasteiger partial charge is 0.160 e. The molecule has 0 amide bonds. The van der Waals surface area contributed by atoms with Gasteiger partial charge in [-0.1, -0.05) is 127 Å². The summed E-state index contributed by atoms with van der Waals surface area (Å²) in [6, 6.07) is 53.6. The fourth-order valence-corrected chi connectivity index (χ4v) is 6.66. The second-order valence-corrected chi connectivity index (χ2v) is 11.0. The number of para-hydroxylation sites is 2. The lowest BCUT2D eigenvalue weighted by Gasteiger charge is -2.14. The average molecular weight is 548 g/mol. The van der Waals surface area contributed by atoms with Gasteiger partial charge in [0.05, 0.1) is 16.7 Å². The minimum absolute atomic E-state index is 0.725. The Morgan fingerprint density at radius 2 is 0.930 bits per heavy atom. The molecule has 0 spiro atoms. The predicted octanol–water partition coefficient (Wildman–Crippen LogP) is 10.4. The van der Waals surface area contributed by atoms with Crippen LogP contribution in [0.5, 0.6) is 0 Å². The highest BCUT2D eigenvalue weighted by Gasteiger charge is 2.21. The largest absolute Gasteiger partial charge is 0.306 e. The first kappa shape index (κ1) is 23.9. The zero-order valence-corrected chi connectivity index (χ0v) is 23.3. The van der Waals surface area contributed by atoms with Gasteiger partial charge in [0.15, 0.2) is 5.82 Å². The molecule has 0 aliphatic rings. The van der Waals surface area contributed by atoms with E-state index < -0.39 is 0 Å². The number of nitrogens with zero attached hydrogens (tertiary/aromatic N) is 3. The van der Waals surface area contributed by atoms with Gasteiger partial charge in [0, 0.05) is 22.2 Å². The molecule has 0 aliphatic heterocycles. The summed E-state index contributed by atoms with van der Waals surface area (Å²) in [7, 11) is 0. The van der Waals surface area contributed by atoms with Crippen LogP contribution in [-0.4, -0.2) is 14.5 Å². The maximum atomic E-state index is 5.34. The third-order valence-electron chi connectivity index (χ3n) is 8.57. The molecule has 3 nitrogen and oxygen atoms in total. The van der Waals surface area contributed by atoms with Crippen LogP contribution in [0.15, 0.2) is 152 Å². The molecular formula is C40H25N3. The van der Waals surface area contributed by atoms with E-state index in [0.717, 1.165) is 50.3 Å². The molecule has 200 valence electrons. The molecule has 43 heavy (non-hydrogen) atoms. The van der Waals surface area contributed by atoms with Crippen LogP contribution in [0.4, 0.5) is 0 Å². The fraction of sp³-hybridized carbons (Fsp3) is 0. The van der Waals surface area contributed by atoms with E-state index >= 15 is 0 Å². The first-order chi connectivity index (χ1) is 21.3. The number of benzene rings is 7. The lowest BCUT2D eigenvalue weighted by molar-refractivity contribution is 1.15. The van der Waals surface area contributed by atoms with Crippen molar-refractivity contribution in [1.82, 2.24) is 14.5 Å². The van der Waals surface area contributed by atoms with Gasteiger partial charge in [0.1, 0.15) is 5.52 Å². The highest BCUT2D eigenvalue weighted by molar-refractivity contribution is 6.26. The van der Waals surface area contributed by atoms with Crippen LogP contribution in [0, 0.1) is 0 Å². The summed E-state index contributed by atoms with van der Waals surface area (Å²) in [6.07, 6.45) is 0. The maximum Gasteiger partial charge on any atom is 0.160 e. The first-order valence-corrected chi connectivity index (χ1v) is 14.6. The lowest BCUT2D eigenvalue weighted by atomic mass is 9.92. The van der Waals surface area contributed by atoms with E-state index in [9.17, 15) is 0 Å². The Bertz CT molecular complexity index is 2460. The van der Waals surface area contributed by atoms with Crippen LogP contribution < -0.4 is 0 Å². The molecule has 0 saturated heterocycles. The van der Waals surface area contributed by atoms with Gasteiger partial charge in [0.2, 0.25) is 0 Å². The van der Waals surface area contributed by atoms with Gasteiger partial charge in [-0.05, 0) is 56.6 Å². The highest BCUT2D eigenvalue weighted by Crippen LogP contribution is 2.41. The molecule has 7 aromatic carbocycles. The summed E-state index contributed by atoms with van der Waals surface area (Å²) < 4.78 is 2.32. The number of hydrogen-bond donors (Lipinski definition) is 0. The van der Waals surface area contributed by atoms with Crippen LogP contribution in [0.2, 0.25) is 0 Å². The monoisotopic (exact) mass is 547 g/mol. The quantitative estimate of drug-likeness (QED) is 0.206. The van der Waals surface area contributed by atoms with Gasteiger partial charge >= 0.3 is 0 Å². The van der Waals surface area contributed by atoms with Gasteiger partial charge in [0.25, 0.3) is 0 Å². The van der Waals surface area contributed by atoms with Crippen molar-refractivity contribution in [3.8, 4) is 28.3 Å². The molecule has 3 heteroatoms. The standard InChI is InChI=1S/C40H25N3/c1-3-13-26(14-4-1)40-41-37(39-38(42-40)34-21-11-12-22-36(34)43(39)28-15-5-2-6-16-28)27-23-24-33-31-19-8-7-17-29(31)30-18-9-10-20-32(30)35(33)25-27/h1-25H. The Kier molecular flexibility index (Phi) is 5.20. The van der Waals surface area contributed by atoms with Crippen molar-refractivity contribution in [3.05, 3.63) is 152 Å². The van der Waals surface area contributed by atoms with E-state index in [1.165, 1.54) is 32.3 Å². The van der Waals surface area contributed by atoms with Crippen LogP contribution >= 0.6 is 0 Å². The van der Waals surface area contributed by atoms with E-state index in [1.54, 1.807) is 0 Å². The summed E-state index contributed by atoms with van der Waals surface area (Å²) in [5, 5.41) is 8.63. The van der Waals surface area contributed by atoms with Gasteiger partial charge < -0.3 is 4.57 Å². The van der Waals surface area contributed by atoms with E-state index in [1.807, 2.05) is 18.2 Å². The van der Waals surface area contributed by atoms with Crippen molar-refractivity contribution in [3.63, 3.8) is 0 Å². The Morgan fingerprint density at radius 3 is 1.60 bits per heavy atom. The normalized spacial score (nSPS) is 11.7. The summed E-state index contributed by atoms with van der Waals surface area (Å²) in [4.78, 5) is 10.6. The van der Waals surface area contributed by atoms with Crippen molar-refractivity contribution < 1.29 is 0 Å². The SMILES string of the molecule is c1ccc(-c2nc(-c3ccc4c5ccccc5c5ccccc5c4c3)c3c(n2)c2ccccc2n3-c2ccccc2)cc1. The Labute approximate surface area is 248 Å². The molecule has 2 heterocycles. The molecule has 0 aliphatic carbocycles. The first-order valence-electron chi connectivity index (χ1n) is 14.6. The van der Waals surface area contributed by atoms with Crippen molar-refractivity contribution >= 4 is 54.3 Å². The van der Waals surface area contributed by atoms with Crippen LogP contribution in [0.25, 0.3) is 82.6 Å². The second kappa shape index (κ2) is 9.37. The van der Waals surface area contributed by atoms with E-state index in [2.05, 4.69) is 138 Å². The zero-order chi connectivity index (χ0) is 28.3. The molecular weight excluding hydrogens is 522 g/mol. The predicted molar refractivity (Wildman–Crippen MR) is 180 cm³/mol. The van der Waals surface area contributed by atoms with Crippen LogP contribution in [0.3, 0.4) is 0 Å². The Balaban J connectivity index is 1.45. The van der Waals surface area contributed by atoms with Gasteiger partial charge in [-0.15, -0.1) is 0 Å². The van der Waals surface area contributed by atoms with Gasteiger partial charge in [-0.2, -0.15) is 0 Å². The molecule has 0 saturated carbocycles. The third-order valence-corrected chi connectivity index (χ3v) is 8.57. The molecule has 0 unspecified atom stereocenters. The topological polar surface area (TPSA) is 30.7 Å². The van der Waals surface area contributed by atoms with Crippen molar-refractivity contribution in [2.45, 2.75) is 0 Å². The van der Waals surface area contributed by atoms with Crippen LogP contribution in [0.1, 0.15) is 0 Å².